The van der Waals surface area contributed by atoms with Crippen LogP contribution in [-0.2, 0) is 4.79 Å². The van der Waals surface area contributed by atoms with Gasteiger partial charge in [-0.2, -0.15) is 13.2 Å². The Morgan fingerprint density at radius 2 is 2.08 bits per heavy atom. The van der Waals surface area contributed by atoms with E-state index >= 15 is 0 Å². The lowest BCUT2D eigenvalue weighted by Crippen LogP contribution is -2.37. The lowest BCUT2D eigenvalue weighted by Gasteiger charge is -2.21. The maximum atomic E-state index is 13.9. The largest absolute Gasteiger partial charge is 0.412 e. The molecule has 0 radical (unpaired) electrons. The van der Waals surface area contributed by atoms with Crippen LogP contribution in [0, 0.1) is 5.82 Å². The summed E-state index contributed by atoms with van der Waals surface area (Å²) in [7, 11) is 3.52. The van der Waals surface area contributed by atoms with Crippen molar-refractivity contribution >= 4 is 16.8 Å². The highest BCUT2D eigenvalue weighted by atomic mass is 19.4. The van der Waals surface area contributed by atoms with Gasteiger partial charge in [-0.1, -0.05) is 12.1 Å². The second kappa shape index (κ2) is 7.04. The number of carbonyl (C=O) groups is 1. The number of nitrogens with zero attached hydrogens (tertiary/aromatic N) is 1. The van der Waals surface area contributed by atoms with Crippen LogP contribution in [0.4, 0.5) is 17.6 Å². The maximum Gasteiger partial charge on any atom is 0.412 e. The Hall–Kier alpha value is -2.35. The minimum absolute atomic E-state index is 0.183. The zero-order valence-corrected chi connectivity index (χ0v) is 13.1. The summed E-state index contributed by atoms with van der Waals surface area (Å²) >= 11 is 0. The Morgan fingerprint density at radius 1 is 1.38 bits per heavy atom. The predicted octanol–water partition coefficient (Wildman–Crippen LogP) is 3.14. The van der Waals surface area contributed by atoms with E-state index < -0.39 is 23.9 Å². The lowest BCUT2D eigenvalue weighted by molar-refractivity contribution is -0.161. The van der Waals surface area contributed by atoms with Crippen LogP contribution in [-0.4, -0.2) is 42.6 Å². The average molecular weight is 343 g/mol. The second-order valence-corrected chi connectivity index (χ2v) is 5.55. The highest BCUT2D eigenvalue weighted by Gasteiger charge is 2.43. The fourth-order valence-electron chi connectivity index (χ4n) is 2.29. The van der Waals surface area contributed by atoms with Crippen LogP contribution in [0.25, 0.3) is 10.9 Å². The molecule has 1 unspecified atom stereocenters. The molecule has 0 saturated carbocycles. The monoisotopic (exact) mass is 343 g/mol. The van der Waals surface area contributed by atoms with Crippen molar-refractivity contribution in [3.63, 3.8) is 0 Å². The SMILES string of the molecule is CN(C)C/C=C/C(=O)NC(c1c[nH]c2cccc(F)c12)C(F)(F)F. The Labute approximate surface area is 136 Å². The van der Waals surface area contributed by atoms with Crippen molar-refractivity contribution in [2.24, 2.45) is 0 Å². The topological polar surface area (TPSA) is 48.1 Å². The van der Waals surface area contributed by atoms with E-state index in [9.17, 15) is 22.4 Å². The van der Waals surface area contributed by atoms with Gasteiger partial charge in [0.05, 0.1) is 0 Å². The molecule has 0 aliphatic heterocycles. The van der Waals surface area contributed by atoms with Gasteiger partial charge in [-0.05, 0) is 26.2 Å². The van der Waals surface area contributed by atoms with E-state index in [1.807, 2.05) is 5.32 Å². The van der Waals surface area contributed by atoms with Gasteiger partial charge in [0.15, 0.2) is 6.04 Å². The van der Waals surface area contributed by atoms with Crippen molar-refractivity contribution in [1.82, 2.24) is 15.2 Å². The smallest absolute Gasteiger partial charge is 0.361 e. The van der Waals surface area contributed by atoms with E-state index in [1.54, 1.807) is 19.0 Å². The first-order valence-electron chi connectivity index (χ1n) is 7.14. The number of alkyl halides is 3. The zero-order chi connectivity index (χ0) is 17.9. The quantitative estimate of drug-likeness (QED) is 0.647. The molecule has 8 heteroatoms. The van der Waals surface area contributed by atoms with E-state index in [0.29, 0.717) is 6.54 Å². The number of likely N-dealkylation sites (N-methyl/N-ethyl adjacent to an activating group) is 1. The minimum Gasteiger partial charge on any atom is -0.361 e. The Bertz CT molecular complexity index is 749. The third-order valence-electron chi connectivity index (χ3n) is 3.35. The summed E-state index contributed by atoms with van der Waals surface area (Å²) < 4.78 is 54.0. The maximum absolute atomic E-state index is 13.9. The first kappa shape index (κ1) is 18.0. The highest BCUT2D eigenvalue weighted by Crippen LogP contribution is 2.37. The number of fused-ring (bicyclic) bond motifs is 1. The first-order chi connectivity index (χ1) is 11.2. The van der Waals surface area contributed by atoms with Gasteiger partial charge in [-0.3, -0.25) is 4.79 Å². The van der Waals surface area contributed by atoms with Crippen LogP contribution >= 0.6 is 0 Å². The highest BCUT2D eigenvalue weighted by molar-refractivity contribution is 5.89. The van der Waals surface area contributed by atoms with Crippen LogP contribution in [0.15, 0.2) is 36.5 Å². The molecule has 0 fully saturated rings. The summed E-state index contributed by atoms with van der Waals surface area (Å²) in [4.78, 5) is 16.1. The van der Waals surface area contributed by atoms with Gasteiger partial charge in [0, 0.05) is 35.3 Å². The second-order valence-electron chi connectivity index (χ2n) is 5.55. The first-order valence-corrected chi connectivity index (χ1v) is 7.14. The summed E-state index contributed by atoms with van der Waals surface area (Å²) in [6, 6.07) is 1.63. The van der Waals surface area contributed by atoms with E-state index in [-0.39, 0.29) is 16.5 Å². The third-order valence-corrected chi connectivity index (χ3v) is 3.35. The van der Waals surface area contributed by atoms with E-state index in [2.05, 4.69) is 4.98 Å². The van der Waals surface area contributed by atoms with E-state index in [1.165, 1.54) is 18.2 Å². The lowest BCUT2D eigenvalue weighted by atomic mass is 10.0. The number of halogens is 4. The summed E-state index contributed by atoms with van der Waals surface area (Å²) in [6.45, 7) is 0.409. The minimum atomic E-state index is -4.76. The number of rotatable bonds is 5. The van der Waals surface area contributed by atoms with Crippen LogP contribution < -0.4 is 5.32 Å². The molecule has 0 aliphatic carbocycles. The summed E-state index contributed by atoms with van der Waals surface area (Å²) in [5.74, 6) is -1.68. The standard InChI is InChI=1S/C16H17F4N3O/c1-23(2)8-4-7-13(24)22-15(16(18,19)20)10-9-21-12-6-3-5-11(17)14(10)12/h3-7,9,15,21H,8H2,1-2H3,(H,22,24)/b7-4+. The zero-order valence-electron chi connectivity index (χ0n) is 13.1. The molecule has 2 N–H and O–H groups in total. The molecule has 1 amide bonds. The molecule has 1 aromatic carbocycles. The number of amides is 1. The van der Waals surface area contributed by atoms with Gasteiger partial charge in [-0.25, -0.2) is 4.39 Å². The third kappa shape index (κ3) is 4.14. The molecule has 2 rings (SSSR count). The summed E-state index contributed by atoms with van der Waals surface area (Å²) in [5, 5.41) is 1.71. The van der Waals surface area contributed by atoms with Gasteiger partial charge in [0.2, 0.25) is 5.91 Å². The Morgan fingerprint density at radius 3 is 2.71 bits per heavy atom. The number of hydrogen-bond donors (Lipinski definition) is 2. The van der Waals surface area contributed by atoms with Crippen molar-refractivity contribution in [3.8, 4) is 0 Å². The molecule has 24 heavy (non-hydrogen) atoms. The number of carbonyl (C=O) groups excluding carboxylic acids is 1. The van der Waals surface area contributed by atoms with Gasteiger partial charge in [-0.15, -0.1) is 0 Å². The molecule has 0 spiro atoms. The molecular formula is C16H17F4N3O. The molecule has 2 aromatic rings. The van der Waals surface area contributed by atoms with Crippen LogP contribution in [0.3, 0.4) is 0 Å². The van der Waals surface area contributed by atoms with E-state index in [0.717, 1.165) is 18.3 Å². The summed E-state index contributed by atoms with van der Waals surface area (Å²) in [5.41, 5.74) is -0.124. The number of aromatic nitrogens is 1. The number of aromatic amines is 1. The molecule has 0 saturated heterocycles. The fraction of sp³-hybridized carbons (Fsp3) is 0.312. The Kier molecular flexibility index (Phi) is 5.28. The van der Waals surface area contributed by atoms with E-state index in [4.69, 9.17) is 0 Å². The molecule has 0 aliphatic rings. The van der Waals surface area contributed by atoms with Gasteiger partial charge < -0.3 is 15.2 Å². The predicted molar refractivity (Wildman–Crippen MR) is 82.9 cm³/mol. The molecule has 1 aromatic heterocycles. The van der Waals surface area contributed by atoms with Crippen molar-refractivity contribution in [3.05, 3.63) is 47.9 Å². The normalized spacial score (nSPS) is 13.8. The van der Waals surface area contributed by atoms with Gasteiger partial charge in [0.25, 0.3) is 0 Å². The average Bonchev–Trinajstić information content (AvgIpc) is 2.88. The Balaban J connectivity index is 2.32. The van der Waals surface area contributed by atoms with Crippen LogP contribution in [0.2, 0.25) is 0 Å². The molecular weight excluding hydrogens is 326 g/mol. The number of H-pyrrole nitrogens is 1. The van der Waals surface area contributed by atoms with Crippen molar-refractivity contribution < 1.29 is 22.4 Å². The number of nitrogens with one attached hydrogen (secondary N) is 2. The number of benzene rings is 1. The van der Waals surface area contributed by atoms with Crippen LogP contribution in [0.5, 0.6) is 0 Å². The molecule has 130 valence electrons. The van der Waals surface area contributed by atoms with Crippen LogP contribution in [0.1, 0.15) is 11.6 Å². The molecule has 1 atom stereocenters. The molecule has 4 nitrogen and oxygen atoms in total. The molecule has 1 heterocycles. The summed E-state index contributed by atoms with van der Waals surface area (Å²) in [6.07, 6.45) is -1.22. The van der Waals surface area contributed by atoms with Crippen molar-refractivity contribution in [2.45, 2.75) is 12.2 Å². The fourth-order valence-corrected chi connectivity index (χ4v) is 2.29. The van der Waals surface area contributed by atoms with Gasteiger partial charge in [0.1, 0.15) is 5.82 Å². The van der Waals surface area contributed by atoms with Crippen molar-refractivity contribution in [2.75, 3.05) is 20.6 Å². The number of hydrogen-bond acceptors (Lipinski definition) is 2. The molecule has 0 bridgehead atoms. The van der Waals surface area contributed by atoms with Gasteiger partial charge >= 0.3 is 6.18 Å². The van der Waals surface area contributed by atoms with Crippen molar-refractivity contribution in [1.29, 1.82) is 0 Å².